The van der Waals surface area contributed by atoms with Crippen LogP contribution in [0.3, 0.4) is 0 Å². The van der Waals surface area contributed by atoms with Gasteiger partial charge in [0, 0.05) is 17.0 Å². The Labute approximate surface area is 161 Å². The van der Waals surface area contributed by atoms with Crippen LogP contribution in [-0.2, 0) is 9.53 Å². The fraction of sp³-hybridized carbons (Fsp3) is 0.200. The zero-order valence-electron chi connectivity index (χ0n) is 14.2. The minimum absolute atomic E-state index is 0.164. The molecule has 2 heterocycles. The van der Waals surface area contributed by atoms with Crippen LogP contribution < -0.4 is 0 Å². The number of aromatic nitrogens is 2. The lowest BCUT2D eigenvalue weighted by Gasteiger charge is -2.15. The summed E-state index contributed by atoms with van der Waals surface area (Å²) >= 11 is 7.50. The Hall–Kier alpha value is -2.24. The SMILES string of the molecule is Cc1ccccc1-n1c(-c2ccc(Cl)cc2)cnc1S[C@@H]1CCOC1=O. The van der Waals surface area contributed by atoms with Crippen LogP contribution in [0.15, 0.2) is 59.9 Å². The molecule has 0 bridgehead atoms. The van der Waals surface area contributed by atoms with Crippen molar-refractivity contribution in [3.63, 3.8) is 0 Å². The number of rotatable bonds is 4. The lowest BCUT2D eigenvalue weighted by Crippen LogP contribution is -2.11. The summed E-state index contributed by atoms with van der Waals surface area (Å²) in [4.78, 5) is 16.5. The van der Waals surface area contributed by atoms with Crippen LogP contribution in [0.1, 0.15) is 12.0 Å². The van der Waals surface area contributed by atoms with E-state index in [1.807, 2.05) is 42.6 Å². The van der Waals surface area contributed by atoms with Gasteiger partial charge in [0.05, 0.1) is 24.2 Å². The number of hydrogen-bond acceptors (Lipinski definition) is 4. The van der Waals surface area contributed by atoms with Crippen molar-refractivity contribution in [3.8, 4) is 16.9 Å². The molecule has 0 N–H and O–H groups in total. The van der Waals surface area contributed by atoms with Gasteiger partial charge in [0.1, 0.15) is 5.25 Å². The fourth-order valence-corrected chi connectivity index (χ4v) is 4.18. The van der Waals surface area contributed by atoms with E-state index in [-0.39, 0.29) is 11.2 Å². The molecule has 1 saturated heterocycles. The van der Waals surface area contributed by atoms with Gasteiger partial charge in [-0.2, -0.15) is 0 Å². The number of carbonyl (C=O) groups is 1. The largest absolute Gasteiger partial charge is 0.465 e. The van der Waals surface area contributed by atoms with Crippen LogP contribution >= 0.6 is 23.4 Å². The first-order valence-electron chi connectivity index (χ1n) is 8.36. The van der Waals surface area contributed by atoms with Crippen molar-refractivity contribution < 1.29 is 9.53 Å². The van der Waals surface area contributed by atoms with Crippen molar-refractivity contribution in [2.45, 2.75) is 23.8 Å². The second kappa shape index (κ2) is 7.17. The van der Waals surface area contributed by atoms with E-state index in [9.17, 15) is 4.79 Å². The predicted octanol–water partition coefficient (Wildman–Crippen LogP) is 4.91. The van der Waals surface area contributed by atoms with Gasteiger partial charge >= 0.3 is 5.97 Å². The molecule has 3 aromatic rings. The maximum absolute atomic E-state index is 11.9. The van der Waals surface area contributed by atoms with Gasteiger partial charge < -0.3 is 4.74 Å². The Morgan fingerprint density at radius 1 is 1.19 bits per heavy atom. The summed E-state index contributed by atoms with van der Waals surface area (Å²) in [5, 5.41) is 1.27. The number of thioether (sulfide) groups is 1. The van der Waals surface area contributed by atoms with Gasteiger partial charge in [0.2, 0.25) is 0 Å². The number of imidazole rings is 1. The number of esters is 1. The number of carbonyl (C=O) groups excluding carboxylic acids is 1. The smallest absolute Gasteiger partial charge is 0.319 e. The van der Waals surface area contributed by atoms with Crippen molar-refractivity contribution >= 4 is 29.3 Å². The lowest BCUT2D eigenvalue weighted by atomic mass is 10.1. The second-order valence-corrected chi connectivity index (χ2v) is 7.72. The topological polar surface area (TPSA) is 44.1 Å². The normalized spacial score (nSPS) is 16.7. The van der Waals surface area contributed by atoms with E-state index < -0.39 is 0 Å². The molecule has 2 aromatic carbocycles. The molecule has 1 aromatic heterocycles. The second-order valence-electron chi connectivity index (χ2n) is 6.12. The molecule has 26 heavy (non-hydrogen) atoms. The van der Waals surface area contributed by atoms with Crippen molar-refractivity contribution in [1.29, 1.82) is 0 Å². The average Bonchev–Trinajstić information content (AvgIpc) is 3.23. The molecule has 0 spiro atoms. The molecular formula is C20H17ClN2O2S. The number of hydrogen-bond donors (Lipinski definition) is 0. The van der Waals surface area contributed by atoms with E-state index in [2.05, 4.69) is 28.6 Å². The molecule has 132 valence electrons. The van der Waals surface area contributed by atoms with Crippen LogP contribution in [0.5, 0.6) is 0 Å². The Morgan fingerprint density at radius 2 is 1.96 bits per heavy atom. The maximum atomic E-state index is 11.9. The zero-order chi connectivity index (χ0) is 18.1. The Morgan fingerprint density at radius 3 is 2.65 bits per heavy atom. The molecule has 1 fully saturated rings. The first kappa shape index (κ1) is 17.2. The summed E-state index contributed by atoms with van der Waals surface area (Å²) in [6.07, 6.45) is 2.55. The maximum Gasteiger partial charge on any atom is 0.319 e. The van der Waals surface area contributed by atoms with Gasteiger partial charge in [-0.25, -0.2) is 4.98 Å². The summed E-state index contributed by atoms with van der Waals surface area (Å²) in [7, 11) is 0. The van der Waals surface area contributed by atoms with Crippen molar-refractivity contribution in [3.05, 3.63) is 65.3 Å². The summed E-state index contributed by atoms with van der Waals surface area (Å²) < 4.78 is 7.21. The van der Waals surface area contributed by atoms with E-state index in [1.54, 1.807) is 0 Å². The van der Waals surface area contributed by atoms with Gasteiger partial charge in [-0.15, -0.1) is 0 Å². The highest BCUT2D eigenvalue weighted by Crippen LogP contribution is 2.35. The van der Waals surface area contributed by atoms with E-state index in [0.29, 0.717) is 18.1 Å². The van der Waals surface area contributed by atoms with Gasteiger partial charge in [-0.3, -0.25) is 9.36 Å². The van der Waals surface area contributed by atoms with Crippen LogP contribution in [0.4, 0.5) is 0 Å². The van der Waals surface area contributed by atoms with Crippen molar-refractivity contribution in [2.75, 3.05) is 6.61 Å². The van der Waals surface area contributed by atoms with E-state index in [1.165, 1.54) is 11.8 Å². The number of para-hydroxylation sites is 1. The first-order chi connectivity index (χ1) is 12.6. The number of halogens is 1. The van der Waals surface area contributed by atoms with Crippen LogP contribution in [-0.4, -0.2) is 27.4 Å². The minimum atomic E-state index is -0.210. The molecule has 1 aliphatic rings. The predicted molar refractivity (Wildman–Crippen MR) is 104 cm³/mol. The van der Waals surface area contributed by atoms with E-state index in [0.717, 1.165) is 27.7 Å². The fourth-order valence-electron chi connectivity index (χ4n) is 3.00. The first-order valence-corrected chi connectivity index (χ1v) is 9.62. The number of nitrogens with zero attached hydrogens (tertiary/aromatic N) is 2. The molecule has 0 saturated carbocycles. The standard InChI is InChI=1S/C20H17ClN2O2S/c1-13-4-2-3-5-16(13)23-17(14-6-8-15(21)9-7-14)12-22-20(23)26-18-10-11-25-19(18)24/h2-9,12,18H,10-11H2,1H3/t18-/m1/s1. The number of aryl methyl sites for hydroxylation is 1. The summed E-state index contributed by atoms with van der Waals surface area (Å²) in [6, 6.07) is 15.8. The third-order valence-electron chi connectivity index (χ3n) is 4.36. The highest BCUT2D eigenvalue weighted by molar-refractivity contribution is 8.00. The molecule has 0 aliphatic carbocycles. The monoisotopic (exact) mass is 384 g/mol. The molecule has 6 heteroatoms. The van der Waals surface area contributed by atoms with Gasteiger partial charge in [0.25, 0.3) is 0 Å². The van der Waals surface area contributed by atoms with Gasteiger partial charge in [0.15, 0.2) is 5.16 Å². The summed E-state index contributed by atoms with van der Waals surface area (Å²) in [6.45, 7) is 2.55. The molecule has 0 unspecified atom stereocenters. The van der Waals surface area contributed by atoms with E-state index >= 15 is 0 Å². The third kappa shape index (κ3) is 3.24. The molecule has 4 rings (SSSR count). The van der Waals surface area contributed by atoms with Crippen molar-refractivity contribution in [2.24, 2.45) is 0 Å². The molecular weight excluding hydrogens is 368 g/mol. The minimum Gasteiger partial charge on any atom is -0.465 e. The zero-order valence-corrected chi connectivity index (χ0v) is 15.8. The number of ether oxygens (including phenoxy) is 1. The van der Waals surface area contributed by atoms with Crippen LogP contribution in [0.2, 0.25) is 5.02 Å². The Kier molecular flexibility index (Phi) is 4.74. The average molecular weight is 385 g/mol. The number of cyclic esters (lactones) is 1. The quantitative estimate of drug-likeness (QED) is 0.599. The van der Waals surface area contributed by atoms with Crippen molar-refractivity contribution in [1.82, 2.24) is 9.55 Å². The van der Waals surface area contributed by atoms with Gasteiger partial charge in [-0.1, -0.05) is 53.7 Å². The van der Waals surface area contributed by atoms with Crippen LogP contribution in [0, 0.1) is 6.92 Å². The molecule has 0 radical (unpaired) electrons. The molecule has 0 amide bonds. The molecule has 1 aliphatic heterocycles. The lowest BCUT2D eigenvalue weighted by molar-refractivity contribution is -0.137. The highest BCUT2D eigenvalue weighted by atomic mass is 35.5. The van der Waals surface area contributed by atoms with Gasteiger partial charge in [-0.05, 0) is 30.7 Å². The summed E-state index contributed by atoms with van der Waals surface area (Å²) in [5.41, 5.74) is 4.16. The van der Waals surface area contributed by atoms with E-state index in [4.69, 9.17) is 16.3 Å². The molecule has 4 nitrogen and oxygen atoms in total. The molecule has 1 atom stereocenters. The highest BCUT2D eigenvalue weighted by Gasteiger charge is 2.30. The number of benzene rings is 2. The Balaban J connectivity index is 1.83. The third-order valence-corrected chi connectivity index (χ3v) is 5.82. The van der Waals surface area contributed by atoms with Crippen LogP contribution in [0.25, 0.3) is 16.9 Å². The summed E-state index contributed by atoms with van der Waals surface area (Å²) in [5.74, 6) is -0.164. The Bertz CT molecular complexity index is 953.